The summed E-state index contributed by atoms with van der Waals surface area (Å²) in [6.45, 7) is 0. The first kappa shape index (κ1) is 16.8. The van der Waals surface area contributed by atoms with Gasteiger partial charge in [0.25, 0.3) is 0 Å². The van der Waals surface area contributed by atoms with Crippen LogP contribution in [0.5, 0.6) is 5.75 Å². The SMILES string of the molecule is COc1cc(Cl)c(C(Br)C(F)(F)C(F)(F)F)cc1Cl. The third kappa shape index (κ3) is 3.25. The number of methoxy groups -OCH3 is 1. The second-order valence-electron chi connectivity index (χ2n) is 3.49. The summed E-state index contributed by atoms with van der Waals surface area (Å²) in [5.74, 6) is -4.92. The molecule has 0 spiro atoms. The lowest BCUT2D eigenvalue weighted by Gasteiger charge is -2.25. The minimum absolute atomic E-state index is 0.0745. The summed E-state index contributed by atoms with van der Waals surface area (Å²) in [6.07, 6.45) is -5.71. The average Bonchev–Trinajstić information content (AvgIpc) is 2.29. The predicted molar refractivity (Wildman–Crippen MR) is 65.7 cm³/mol. The third-order valence-corrected chi connectivity index (χ3v) is 3.93. The van der Waals surface area contributed by atoms with Crippen molar-refractivity contribution in [2.75, 3.05) is 7.11 Å². The molecule has 1 aromatic rings. The third-order valence-electron chi connectivity index (χ3n) is 2.24. The zero-order valence-corrected chi connectivity index (χ0v) is 12.3. The van der Waals surface area contributed by atoms with Crippen LogP contribution < -0.4 is 4.74 Å². The second-order valence-corrected chi connectivity index (χ2v) is 5.22. The maximum Gasteiger partial charge on any atom is 0.454 e. The van der Waals surface area contributed by atoms with E-state index in [-0.39, 0.29) is 15.8 Å². The van der Waals surface area contributed by atoms with E-state index in [1.165, 1.54) is 7.11 Å². The van der Waals surface area contributed by atoms with E-state index in [0.29, 0.717) is 0 Å². The van der Waals surface area contributed by atoms with Crippen molar-refractivity contribution in [3.05, 3.63) is 27.7 Å². The first-order valence-corrected chi connectivity index (χ1v) is 6.31. The monoisotopic (exact) mass is 386 g/mol. The summed E-state index contributed by atoms with van der Waals surface area (Å²) >= 11 is 13.7. The fraction of sp³-hybridized carbons (Fsp3) is 0.400. The highest BCUT2D eigenvalue weighted by atomic mass is 79.9. The Morgan fingerprint density at radius 2 is 1.63 bits per heavy atom. The smallest absolute Gasteiger partial charge is 0.454 e. The second kappa shape index (κ2) is 5.61. The summed E-state index contributed by atoms with van der Waals surface area (Å²) in [5.41, 5.74) is -0.477. The van der Waals surface area contributed by atoms with E-state index in [4.69, 9.17) is 27.9 Å². The fourth-order valence-electron chi connectivity index (χ4n) is 1.23. The molecule has 0 radical (unpaired) electrons. The highest BCUT2D eigenvalue weighted by Crippen LogP contribution is 2.51. The first-order chi connectivity index (χ1) is 8.52. The number of benzene rings is 1. The van der Waals surface area contributed by atoms with Crippen LogP contribution in [0.3, 0.4) is 0 Å². The molecule has 0 aliphatic carbocycles. The molecule has 1 rings (SSSR count). The van der Waals surface area contributed by atoms with Crippen molar-refractivity contribution in [3.8, 4) is 5.75 Å². The molecular formula is C10H6BrCl2F5O. The Labute approximate surface area is 123 Å². The summed E-state index contributed by atoms with van der Waals surface area (Å²) in [4.78, 5) is -2.35. The van der Waals surface area contributed by atoms with Crippen LogP contribution >= 0.6 is 39.1 Å². The van der Waals surface area contributed by atoms with E-state index < -0.39 is 22.5 Å². The van der Waals surface area contributed by atoms with Gasteiger partial charge in [0, 0.05) is 11.1 Å². The van der Waals surface area contributed by atoms with Gasteiger partial charge >= 0.3 is 12.1 Å². The van der Waals surface area contributed by atoms with Crippen LogP contribution in [0.25, 0.3) is 0 Å². The molecule has 0 saturated carbocycles. The van der Waals surface area contributed by atoms with Crippen molar-refractivity contribution in [1.82, 2.24) is 0 Å². The summed E-state index contributed by atoms with van der Waals surface area (Å²) in [6, 6.07) is 1.97. The van der Waals surface area contributed by atoms with E-state index in [9.17, 15) is 22.0 Å². The molecular weight excluding hydrogens is 382 g/mol. The van der Waals surface area contributed by atoms with Crippen molar-refractivity contribution in [2.24, 2.45) is 0 Å². The van der Waals surface area contributed by atoms with Crippen molar-refractivity contribution in [1.29, 1.82) is 0 Å². The molecule has 1 atom stereocenters. The van der Waals surface area contributed by atoms with E-state index in [2.05, 4.69) is 15.9 Å². The largest absolute Gasteiger partial charge is 0.495 e. The normalized spacial score (nSPS) is 14.4. The lowest BCUT2D eigenvalue weighted by atomic mass is 10.1. The van der Waals surface area contributed by atoms with Crippen molar-refractivity contribution in [3.63, 3.8) is 0 Å². The molecule has 0 bridgehead atoms. The Kier molecular flexibility index (Phi) is 4.96. The van der Waals surface area contributed by atoms with Gasteiger partial charge in [0.2, 0.25) is 0 Å². The Hall–Kier alpha value is -0.270. The van der Waals surface area contributed by atoms with Crippen LogP contribution in [0.15, 0.2) is 12.1 Å². The van der Waals surface area contributed by atoms with Crippen LogP contribution in [-0.4, -0.2) is 19.2 Å². The molecule has 0 aliphatic heterocycles. The van der Waals surface area contributed by atoms with E-state index in [1.54, 1.807) is 0 Å². The molecule has 0 saturated heterocycles. The van der Waals surface area contributed by atoms with Gasteiger partial charge in [0.05, 0.1) is 12.1 Å². The van der Waals surface area contributed by atoms with Crippen LogP contribution in [0.2, 0.25) is 10.0 Å². The van der Waals surface area contributed by atoms with E-state index in [1.807, 2.05) is 0 Å². The Morgan fingerprint density at radius 3 is 2.05 bits per heavy atom. The van der Waals surface area contributed by atoms with Gasteiger partial charge in [-0.25, -0.2) is 0 Å². The molecule has 1 nitrogen and oxygen atoms in total. The zero-order valence-electron chi connectivity index (χ0n) is 9.16. The molecule has 0 heterocycles. The van der Waals surface area contributed by atoms with Gasteiger partial charge in [-0.2, -0.15) is 22.0 Å². The number of ether oxygens (including phenoxy) is 1. The first-order valence-electron chi connectivity index (χ1n) is 4.64. The van der Waals surface area contributed by atoms with Crippen LogP contribution in [0.1, 0.15) is 10.4 Å². The molecule has 0 amide bonds. The number of halogens is 8. The maximum absolute atomic E-state index is 13.2. The fourth-order valence-corrected chi connectivity index (χ4v) is 2.52. The van der Waals surface area contributed by atoms with Gasteiger partial charge in [-0.1, -0.05) is 39.1 Å². The number of hydrogen-bond donors (Lipinski definition) is 0. The minimum atomic E-state index is -5.71. The van der Waals surface area contributed by atoms with Gasteiger partial charge in [-0.3, -0.25) is 0 Å². The quantitative estimate of drug-likeness (QED) is 0.482. The topological polar surface area (TPSA) is 9.23 Å². The molecule has 19 heavy (non-hydrogen) atoms. The summed E-state index contributed by atoms with van der Waals surface area (Å²) in [7, 11) is 1.26. The van der Waals surface area contributed by atoms with Crippen LogP contribution in [0.4, 0.5) is 22.0 Å². The molecule has 108 valence electrons. The maximum atomic E-state index is 13.2. The van der Waals surface area contributed by atoms with Gasteiger partial charge in [-0.05, 0) is 11.6 Å². The Bertz CT molecular complexity index is 478. The summed E-state index contributed by atoms with van der Waals surface area (Å²) < 4.78 is 68.0. The van der Waals surface area contributed by atoms with E-state index in [0.717, 1.165) is 12.1 Å². The average molecular weight is 388 g/mol. The number of hydrogen-bond acceptors (Lipinski definition) is 1. The predicted octanol–water partition coefficient (Wildman–Crippen LogP) is 5.64. The minimum Gasteiger partial charge on any atom is -0.495 e. The molecule has 0 N–H and O–H groups in total. The highest BCUT2D eigenvalue weighted by molar-refractivity contribution is 9.09. The number of rotatable bonds is 3. The summed E-state index contributed by atoms with van der Waals surface area (Å²) in [5, 5.41) is -0.434. The Balaban J connectivity index is 3.28. The molecule has 0 aromatic heterocycles. The van der Waals surface area contributed by atoms with Crippen molar-refractivity contribution in [2.45, 2.75) is 16.9 Å². The van der Waals surface area contributed by atoms with E-state index >= 15 is 0 Å². The highest BCUT2D eigenvalue weighted by Gasteiger charge is 2.62. The van der Waals surface area contributed by atoms with Gasteiger partial charge in [-0.15, -0.1) is 0 Å². The zero-order chi connectivity index (χ0) is 15.0. The lowest BCUT2D eigenvalue weighted by Crippen LogP contribution is -2.40. The number of alkyl halides is 6. The van der Waals surface area contributed by atoms with Crippen LogP contribution in [-0.2, 0) is 0 Å². The lowest BCUT2D eigenvalue weighted by molar-refractivity contribution is -0.281. The molecule has 9 heteroatoms. The van der Waals surface area contributed by atoms with Gasteiger partial charge < -0.3 is 4.74 Å². The molecule has 0 fully saturated rings. The standard InChI is InChI=1S/C10H6BrCl2F5O/c1-19-7-3-5(12)4(2-6(7)13)8(11)9(14,15)10(16,17)18/h2-3,8H,1H3. The molecule has 1 unspecified atom stereocenters. The molecule has 1 aromatic carbocycles. The van der Waals surface area contributed by atoms with Gasteiger partial charge in [0.15, 0.2) is 0 Å². The van der Waals surface area contributed by atoms with Crippen molar-refractivity contribution >= 4 is 39.1 Å². The van der Waals surface area contributed by atoms with Crippen LogP contribution in [0, 0.1) is 0 Å². The van der Waals surface area contributed by atoms with Crippen molar-refractivity contribution < 1.29 is 26.7 Å². The molecule has 0 aliphatic rings. The Morgan fingerprint density at radius 1 is 1.11 bits per heavy atom. The van der Waals surface area contributed by atoms with Gasteiger partial charge in [0.1, 0.15) is 10.6 Å².